The minimum absolute atomic E-state index is 0.154. The fourth-order valence-corrected chi connectivity index (χ4v) is 7.11. The van der Waals surface area contributed by atoms with Crippen LogP contribution >= 0.6 is 0 Å². The number of hydrogen-bond acceptors (Lipinski definition) is 7. The standard InChI is InChI=1S/C14H25NO9S3/c1-25(17,18)11-4-2-3-9(5-11)14(16)15-10-6-12(26(19,20)21)8-13(7-10)27(22,23)24/h9-13H,2-8H2,1H3,(H,15,16)(H,19,20,21)(H,22,23,24). The summed E-state index contributed by atoms with van der Waals surface area (Å²) in [7, 11) is -12.4. The highest BCUT2D eigenvalue weighted by atomic mass is 32.2. The van der Waals surface area contributed by atoms with E-state index in [1.807, 2.05) is 0 Å². The third kappa shape index (κ3) is 6.11. The molecule has 0 radical (unpaired) electrons. The number of amides is 1. The Labute approximate surface area is 159 Å². The van der Waals surface area contributed by atoms with Crippen molar-refractivity contribution in [2.75, 3.05) is 6.26 Å². The van der Waals surface area contributed by atoms with E-state index in [4.69, 9.17) is 0 Å². The maximum Gasteiger partial charge on any atom is 0.267 e. The first-order valence-electron chi connectivity index (χ1n) is 8.59. The van der Waals surface area contributed by atoms with Crippen LogP contribution in [0, 0.1) is 5.92 Å². The Kier molecular flexibility index (Phi) is 6.62. The number of hydrogen-bond donors (Lipinski definition) is 3. The Morgan fingerprint density at radius 2 is 1.33 bits per heavy atom. The van der Waals surface area contributed by atoms with E-state index in [2.05, 4.69) is 5.32 Å². The highest BCUT2D eigenvalue weighted by Gasteiger charge is 2.42. The van der Waals surface area contributed by atoms with E-state index in [0.29, 0.717) is 19.3 Å². The fourth-order valence-electron chi connectivity index (χ4n) is 3.91. The van der Waals surface area contributed by atoms with Crippen LogP contribution in [0.4, 0.5) is 0 Å². The van der Waals surface area contributed by atoms with Gasteiger partial charge in [-0.3, -0.25) is 13.9 Å². The van der Waals surface area contributed by atoms with Crippen molar-refractivity contribution >= 4 is 36.0 Å². The first kappa shape index (κ1) is 22.5. The van der Waals surface area contributed by atoms with Crippen LogP contribution in [0.15, 0.2) is 0 Å². The Bertz CT molecular complexity index is 839. The summed E-state index contributed by atoms with van der Waals surface area (Å²) in [5.41, 5.74) is 0. The number of rotatable bonds is 5. The molecule has 2 saturated carbocycles. The molecule has 1 amide bonds. The van der Waals surface area contributed by atoms with Crippen molar-refractivity contribution in [2.24, 2.45) is 5.92 Å². The van der Waals surface area contributed by atoms with Crippen LogP contribution < -0.4 is 5.32 Å². The van der Waals surface area contributed by atoms with Gasteiger partial charge in [-0.15, -0.1) is 0 Å². The van der Waals surface area contributed by atoms with E-state index >= 15 is 0 Å². The topological polar surface area (TPSA) is 172 Å². The lowest BCUT2D eigenvalue weighted by atomic mass is 9.87. The molecule has 0 aliphatic heterocycles. The molecule has 0 saturated heterocycles. The minimum Gasteiger partial charge on any atom is -0.353 e. The highest BCUT2D eigenvalue weighted by Crippen LogP contribution is 2.31. The van der Waals surface area contributed by atoms with Gasteiger partial charge in [-0.05, 0) is 38.5 Å². The lowest BCUT2D eigenvalue weighted by Gasteiger charge is -2.34. The molecule has 13 heteroatoms. The van der Waals surface area contributed by atoms with Crippen LogP contribution in [0.25, 0.3) is 0 Å². The molecule has 158 valence electrons. The first-order valence-corrected chi connectivity index (χ1v) is 13.6. The number of nitrogens with one attached hydrogen (secondary N) is 1. The van der Waals surface area contributed by atoms with Crippen molar-refractivity contribution in [2.45, 2.75) is 66.7 Å². The second-order valence-electron chi connectivity index (χ2n) is 7.50. The normalized spacial score (nSPS) is 33.4. The van der Waals surface area contributed by atoms with Gasteiger partial charge in [-0.2, -0.15) is 16.8 Å². The lowest BCUT2D eigenvalue weighted by Crippen LogP contribution is -2.50. The molecule has 0 aromatic carbocycles. The van der Waals surface area contributed by atoms with Crippen molar-refractivity contribution in [3.63, 3.8) is 0 Å². The maximum atomic E-state index is 12.5. The van der Waals surface area contributed by atoms with Crippen LogP contribution in [-0.2, 0) is 34.9 Å². The van der Waals surface area contributed by atoms with Crippen LogP contribution in [0.1, 0.15) is 44.9 Å². The monoisotopic (exact) mass is 447 g/mol. The molecule has 4 atom stereocenters. The molecule has 4 unspecified atom stereocenters. The second-order valence-corrected chi connectivity index (χ2v) is 13.2. The number of carbonyl (C=O) groups excluding carboxylic acids is 1. The average molecular weight is 448 g/mol. The summed E-state index contributed by atoms with van der Waals surface area (Å²) in [5.74, 6) is -1.05. The summed E-state index contributed by atoms with van der Waals surface area (Å²) >= 11 is 0. The molecule has 3 N–H and O–H groups in total. The molecular formula is C14H25NO9S3. The van der Waals surface area contributed by atoms with Gasteiger partial charge in [0.2, 0.25) is 5.91 Å². The maximum absolute atomic E-state index is 12.5. The lowest BCUT2D eigenvalue weighted by molar-refractivity contribution is -0.126. The van der Waals surface area contributed by atoms with E-state index in [0.717, 1.165) is 6.26 Å². The van der Waals surface area contributed by atoms with Gasteiger partial charge in [0.25, 0.3) is 20.2 Å². The van der Waals surface area contributed by atoms with Crippen molar-refractivity contribution in [3.05, 3.63) is 0 Å². The van der Waals surface area contributed by atoms with Crippen LogP contribution in [0.2, 0.25) is 0 Å². The van der Waals surface area contributed by atoms with Gasteiger partial charge >= 0.3 is 0 Å². The zero-order chi connectivity index (χ0) is 20.6. The molecule has 2 aliphatic rings. The molecule has 0 bridgehead atoms. The van der Waals surface area contributed by atoms with Gasteiger partial charge in [0.1, 0.15) is 9.84 Å². The summed E-state index contributed by atoms with van der Waals surface area (Å²) in [6.45, 7) is 0. The Balaban J connectivity index is 2.11. The molecule has 2 fully saturated rings. The van der Waals surface area contributed by atoms with Gasteiger partial charge < -0.3 is 5.32 Å². The van der Waals surface area contributed by atoms with Crippen molar-refractivity contribution < 1.29 is 39.2 Å². The van der Waals surface area contributed by atoms with E-state index in [1.165, 1.54) is 0 Å². The van der Waals surface area contributed by atoms with E-state index in [-0.39, 0.29) is 19.3 Å². The van der Waals surface area contributed by atoms with E-state index in [9.17, 15) is 39.2 Å². The van der Waals surface area contributed by atoms with Crippen LogP contribution in [0.5, 0.6) is 0 Å². The molecular weight excluding hydrogens is 422 g/mol. The van der Waals surface area contributed by atoms with Crippen molar-refractivity contribution in [1.82, 2.24) is 5.32 Å². The number of carbonyl (C=O) groups is 1. The minimum atomic E-state index is -4.55. The third-order valence-electron chi connectivity index (χ3n) is 5.41. The van der Waals surface area contributed by atoms with Gasteiger partial charge in [-0.25, -0.2) is 8.42 Å². The Hall–Kier alpha value is -0.760. The molecule has 2 rings (SSSR count). The average Bonchev–Trinajstić information content (AvgIpc) is 2.52. The van der Waals surface area contributed by atoms with E-state index in [1.54, 1.807) is 0 Å². The molecule has 27 heavy (non-hydrogen) atoms. The SMILES string of the molecule is CS(=O)(=O)C1CCCC(C(=O)NC2CC(S(=O)(=O)O)CC(S(=O)(=O)O)C2)C1. The van der Waals surface area contributed by atoms with Crippen LogP contribution in [0.3, 0.4) is 0 Å². The molecule has 0 heterocycles. The molecule has 0 aromatic rings. The summed E-state index contributed by atoms with van der Waals surface area (Å²) < 4.78 is 87.8. The Morgan fingerprint density at radius 1 is 0.815 bits per heavy atom. The Morgan fingerprint density at radius 3 is 1.78 bits per heavy atom. The zero-order valence-corrected chi connectivity index (χ0v) is 17.3. The third-order valence-corrected chi connectivity index (χ3v) is 9.51. The molecule has 0 spiro atoms. The zero-order valence-electron chi connectivity index (χ0n) is 14.8. The number of sulfone groups is 1. The highest BCUT2D eigenvalue weighted by molar-refractivity contribution is 7.91. The van der Waals surface area contributed by atoms with Gasteiger partial charge in [-0.1, -0.05) is 6.42 Å². The van der Waals surface area contributed by atoms with Gasteiger partial charge in [0.05, 0.1) is 15.7 Å². The predicted molar refractivity (Wildman–Crippen MR) is 97.0 cm³/mol. The first-order chi connectivity index (χ1) is 12.2. The quantitative estimate of drug-likeness (QED) is 0.481. The largest absolute Gasteiger partial charge is 0.353 e. The molecule has 10 nitrogen and oxygen atoms in total. The smallest absolute Gasteiger partial charge is 0.267 e. The van der Waals surface area contributed by atoms with Gasteiger partial charge in [0.15, 0.2) is 0 Å². The second kappa shape index (κ2) is 7.93. The summed E-state index contributed by atoms with van der Waals surface area (Å²) in [6, 6.07) is -0.872. The summed E-state index contributed by atoms with van der Waals surface area (Å²) in [4.78, 5) is 12.5. The van der Waals surface area contributed by atoms with Crippen LogP contribution in [-0.4, -0.2) is 68.3 Å². The predicted octanol–water partition coefficient (Wildman–Crippen LogP) is -0.229. The summed E-state index contributed by atoms with van der Waals surface area (Å²) in [5, 5.41) is -0.877. The fraction of sp³-hybridized carbons (Fsp3) is 0.929. The van der Waals surface area contributed by atoms with Crippen molar-refractivity contribution in [1.29, 1.82) is 0 Å². The van der Waals surface area contributed by atoms with Crippen molar-refractivity contribution in [3.8, 4) is 0 Å². The molecule has 2 aliphatic carbocycles. The van der Waals surface area contributed by atoms with E-state index < -0.39 is 70.1 Å². The van der Waals surface area contributed by atoms with Gasteiger partial charge in [0, 0.05) is 18.2 Å². The summed E-state index contributed by atoms with van der Waals surface area (Å²) in [6.07, 6.45) is 1.96. The molecule has 0 aromatic heterocycles.